The number of benzene rings is 2. The molecular weight excluding hydrogens is 364 g/mol. The van der Waals surface area contributed by atoms with Crippen molar-refractivity contribution in [3.63, 3.8) is 0 Å². The van der Waals surface area contributed by atoms with Gasteiger partial charge in [0.05, 0.1) is 5.69 Å². The number of carbonyl (C=O) groups is 2. The molecule has 1 aromatic heterocycles. The van der Waals surface area contributed by atoms with Crippen LogP contribution in [-0.4, -0.2) is 16.8 Å². The first kappa shape index (κ1) is 19.2. The van der Waals surface area contributed by atoms with Crippen LogP contribution in [0.2, 0.25) is 0 Å². The number of rotatable bonds is 4. The molecule has 0 fully saturated rings. The van der Waals surface area contributed by atoms with Crippen molar-refractivity contribution in [2.75, 3.05) is 10.6 Å². The molecule has 0 saturated carbocycles. The van der Waals surface area contributed by atoms with E-state index in [2.05, 4.69) is 15.6 Å². The molecule has 2 N–H and O–H groups in total. The van der Waals surface area contributed by atoms with Crippen LogP contribution in [0.25, 0.3) is 0 Å². The zero-order chi connectivity index (χ0) is 20.3. The lowest BCUT2D eigenvalue weighted by atomic mass is 10.1. The van der Waals surface area contributed by atoms with Crippen LogP contribution in [0.1, 0.15) is 32.0 Å². The maximum absolute atomic E-state index is 13.7. The third kappa shape index (κ3) is 4.20. The Morgan fingerprint density at radius 3 is 2.29 bits per heavy atom. The molecule has 1 heterocycles. The molecule has 7 heteroatoms. The van der Waals surface area contributed by atoms with Crippen molar-refractivity contribution in [1.82, 2.24) is 4.98 Å². The van der Waals surface area contributed by atoms with Crippen molar-refractivity contribution < 1.29 is 18.4 Å². The van der Waals surface area contributed by atoms with Gasteiger partial charge >= 0.3 is 0 Å². The van der Waals surface area contributed by atoms with Gasteiger partial charge in [0.1, 0.15) is 17.3 Å². The van der Waals surface area contributed by atoms with Crippen molar-refractivity contribution in [2.45, 2.75) is 13.8 Å². The lowest BCUT2D eigenvalue weighted by Gasteiger charge is -2.11. The van der Waals surface area contributed by atoms with E-state index in [0.29, 0.717) is 11.8 Å². The summed E-state index contributed by atoms with van der Waals surface area (Å²) < 4.78 is 26.7. The molecule has 2 amide bonds. The molecule has 0 aliphatic heterocycles. The van der Waals surface area contributed by atoms with E-state index < -0.39 is 23.4 Å². The molecule has 3 rings (SSSR count). The van der Waals surface area contributed by atoms with Crippen LogP contribution >= 0.6 is 0 Å². The normalized spacial score (nSPS) is 10.4. The van der Waals surface area contributed by atoms with Crippen molar-refractivity contribution in [2.24, 2.45) is 0 Å². The van der Waals surface area contributed by atoms with Crippen molar-refractivity contribution in [3.8, 4) is 0 Å². The van der Waals surface area contributed by atoms with E-state index in [4.69, 9.17) is 0 Å². The standard InChI is InChI=1S/C21H17F2N3O2/c1-12-4-3-5-13(2)19(12)26-21(28)18-10-14(8-9-24-18)20(27)25-17-7-6-15(22)11-16(17)23/h3-11H,1-2H3,(H,25,27)(H,26,28). The van der Waals surface area contributed by atoms with Gasteiger partial charge in [0.25, 0.3) is 11.8 Å². The molecule has 3 aromatic rings. The number of hydrogen-bond donors (Lipinski definition) is 2. The highest BCUT2D eigenvalue weighted by atomic mass is 19.1. The second-order valence-electron chi connectivity index (χ2n) is 6.23. The van der Waals surface area contributed by atoms with E-state index in [0.717, 1.165) is 23.3 Å². The third-order valence-corrected chi connectivity index (χ3v) is 4.15. The van der Waals surface area contributed by atoms with E-state index in [-0.39, 0.29) is 16.9 Å². The fourth-order valence-corrected chi connectivity index (χ4v) is 2.67. The monoisotopic (exact) mass is 381 g/mol. The molecule has 0 bridgehead atoms. The Balaban J connectivity index is 1.79. The lowest BCUT2D eigenvalue weighted by Crippen LogP contribution is -2.18. The summed E-state index contributed by atoms with van der Waals surface area (Å²) in [4.78, 5) is 28.9. The number of amides is 2. The largest absolute Gasteiger partial charge is 0.320 e. The van der Waals surface area contributed by atoms with Gasteiger partial charge in [0.2, 0.25) is 0 Å². The van der Waals surface area contributed by atoms with Gasteiger partial charge in [-0.1, -0.05) is 18.2 Å². The van der Waals surface area contributed by atoms with Crippen LogP contribution < -0.4 is 10.6 Å². The molecule has 0 aliphatic rings. The molecule has 0 atom stereocenters. The number of aromatic nitrogens is 1. The lowest BCUT2D eigenvalue weighted by molar-refractivity contribution is 0.102. The van der Waals surface area contributed by atoms with Crippen molar-refractivity contribution >= 4 is 23.2 Å². The summed E-state index contributed by atoms with van der Waals surface area (Å²) in [6.07, 6.45) is 1.32. The van der Waals surface area contributed by atoms with Crippen LogP contribution in [0, 0.1) is 25.5 Å². The zero-order valence-corrected chi connectivity index (χ0v) is 15.2. The van der Waals surface area contributed by atoms with Gasteiger partial charge in [0, 0.05) is 23.5 Å². The first-order chi connectivity index (χ1) is 13.3. The van der Waals surface area contributed by atoms with Gasteiger partial charge in [-0.15, -0.1) is 0 Å². The van der Waals surface area contributed by atoms with E-state index in [1.54, 1.807) is 0 Å². The van der Waals surface area contributed by atoms with Gasteiger partial charge < -0.3 is 10.6 Å². The van der Waals surface area contributed by atoms with Gasteiger partial charge in [0.15, 0.2) is 0 Å². The topological polar surface area (TPSA) is 71.1 Å². The minimum Gasteiger partial charge on any atom is -0.320 e. The molecule has 0 aliphatic carbocycles. The van der Waals surface area contributed by atoms with E-state index in [1.165, 1.54) is 18.3 Å². The van der Waals surface area contributed by atoms with E-state index >= 15 is 0 Å². The predicted molar refractivity (Wildman–Crippen MR) is 102 cm³/mol. The number of halogens is 2. The highest BCUT2D eigenvalue weighted by molar-refractivity contribution is 6.08. The van der Waals surface area contributed by atoms with Crippen molar-refractivity contribution in [3.05, 3.63) is 88.7 Å². The second kappa shape index (κ2) is 7.96. The van der Waals surface area contributed by atoms with Gasteiger partial charge in [-0.3, -0.25) is 14.6 Å². The molecular formula is C21H17F2N3O2. The first-order valence-electron chi connectivity index (χ1n) is 8.45. The Hall–Kier alpha value is -3.61. The Kier molecular flexibility index (Phi) is 5.44. The zero-order valence-electron chi connectivity index (χ0n) is 15.2. The summed E-state index contributed by atoms with van der Waals surface area (Å²) in [5, 5.41) is 5.14. The average molecular weight is 381 g/mol. The summed E-state index contributed by atoms with van der Waals surface area (Å²) in [5.74, 6) is -2.76. The molecule has 0 unspecified atom stereocenters. The fraction of sp³-hybridized carbons (Fsp3) is 0.0952. The minimum absolute atomic E-state index is 0.0369. The second-order valence-corrected chi connectivity index (χ2v) is 6.23. The van der Waals surface area contributed by atoms with Crippen LogP contribution in [0.15, 0.2) is 54.7 Å². The number of anilines is 2. The summed E-state index contributed by atoms with van der Waals surface area (Å²) >= 11 is 0. The summed E-state index contributed by atoms with van der Waals surface area (Å²) in [6.45, 7) is 3.74. The summed E-state index contributed by atoms with van der Waals surface area (Å²) in [5.41, 5.74) is 2.46. The Morgan fingerprint density at radius 1 is 0.893 bits per heavy atom. The van der Waals surface area contributed by atoms with Gasteiger partial charge in [-0.05, 0) is 49.2 Å². The van der Waals surface area contributed by atoms with Crippen LogP contribution in [-0.2, 0) is 0 Å². The SMILES string of the molecule is Cc1cccc(C)c1NC(=O)c1cc(C(=O)Nc2ccc(F)cc2F)ccn1. The van der Waals surface area contributed by atoms with E-state index in [9.17, 15) is 18.4 Å². The number of pyridine rings is 1. The minimum atomic E-state index is -0.893. The maximum Gasteiger partial charge on any atom is 0.274 e. The summed E-state index contributed by atoms with van der Waals surface area (Å²) in [6, 6.07) is 11.2. The third-order valence-electron chi connectivity index (χ3n) is 4.15. The van der Waals surface area contributed by atoms with Crippen LogP contribution in [0.4, 0.5) is 20.2 Å². The van der Waals surface area contributed by atoms with Crippen LogP contribution in [0.3, 0.4) is 0 Å². The number of para-hydroxylation sites is 1. The first-order valence-corrected chi connectivity index (χ1v) is 8.45. The Bertz CT molecular complexity index is 1050. The number of carbonyl (C=O) groups excluding carboxylic acids is 2. The smallest absolute Gasteiger partial charge is 0.274 e. The predicted octanol–water partition coefficient (Wildman–Crippen LogP) is 4.48. The molecule has 0 radical (unpaired) electrons. The summed E-state index contributed by atoms with van der Waals surface area (Å²) in [7, 11) is 0. The number of aryl methyl sites for hydroxylation is 2. The molecule has 5 nitrogen and oxygen atoms in total. The molecule has 142 valence electrons. The fourth-order valence-electron chi connectivity index (χ4n) is 2.67. The van der Waals surface area contributed by atoms with Gasteiger partial charge in [-0.2, -0.15) is 0 Å². The molecule has 0 saturated heterocycles. The average Bonchev–Trinajstić information content (AvgIpc) is 2.67. The molecule has 28 heavy (non-hydrogen) atoms. The Labute approximate surface area is 160 Å². The highest BCUT2D eigenvalue weighted by Crippen LogP contribution is 2.20. The van der Waals surface area contributed by atoms with E-state index in [1.807, 2.05) is 32.0 Å². The quantitative estimate of drug-likeness (QED) is 0.700. The number of nitrogens with zero attached hydrogens (tertiary/aromatic N) is 1. The van der Waals surface area contributed by atoms with Crippen molar-refractivity contribution in [1.29, 1.82) is 0 Å². The number of nitrogens with one attached hydrogen (secondary N) is 2. The molecule has 2 aromatic carbocycles. The number of hydrogen-bond acceptors (Lipinski definition) is 3. The highest BCUT2D eigenvalue weighted by Gasteiger charge is 2.15. The van der Waals surface area contributed by atoms with Gasteiger partial charge in [-0.25, -0.2) is 8.78 Å². The van der Waals surface area contributed by atoms with Crippen LogP contribution in [0.5, 0.6) is 0 Å². The Morgan fingerprint density at radius 2 is 1.61 bits per heavy atom. The molecule has 0 spiro atoms. The maximum atomic E-state index is 13.7.